The van der Waals surface area contributed by atoms with Crippen LogP contribution in [0.15, 0.2) is 12.3 Å². The van der Waals surface area contributed by atoms with E-state index >= 15 is 0 Å². The number of nitrogens with zero attached hydrogens (tertiary/aromatic N) is 2. The van der Waals surface area contributed by atoms with Gasteiger partial charge in [0.05, 0.1) is 0 Å². The lowest BCUT2D eigenvalue weighted by Gasteiger charge is -2.36. The van der Waals surface area contributed by atoms with Crippen LogP contribution in [0.1, 0.15) is 38.8 Å². The SMILES string of the molecule is CCCNC(CCc1ccnn1C)C1SCCSC1CC. The van der Waals surface area contributed by atoms with E-state index in [0.717, 1.165) is 23.5 Å². The van der Waals surface area contributed by atoms with E-state index in [1.165, 1.54) is 36.5 Å². The molecule has 1 aliphatic heterocycles. The predicted octanol–water partition coefficient (Wildman–Crippen LogP) is 3.35. The molecule has 0 spiro atoms. The summed E-state index contributed by atoms with van der Waals surface area (Å²) in [5.74, 6) is 2.63. The van der Waals surface area contributed by atoms with E-state index in [9.17, 15) is 0 Å². The molecule has 3 nitrogen and oxygen atoms in total. The average Bonchev–Trinajstić information content (AvgIpc) is 2.93. The van der Waals surface area contributed by atoms with Crippen molar-refractivity contribution in [3.05, 3.63) is 18.0 Å². The zero-order valence-electron chi connectivity index (χ0n) is 13.5. The third-order valence-corrected chi connectivity index (χ3v) is 7.59. The van der Waals surface area contributed by atoms with Crippen LogP contribution in [0.3, 0.4) is 0 Å². The Morgan fingerprint density at radius 3 is 2.86 bits per heavy atom. The first-order valence-electron chi connectivity index (χ1n) is 8.19. The van der Waals surface area contributed by atoms with Gasteiger partial charge in [0.1, 0.15) is 0 Å². The highest BCUT2D eigenvalue weighted by atomic mass is 32.2. The largest absolute Gasteiger partial charge is 0.313 e. The van der Waals surface area contributed by atoms with Crippen LogP contribution < -0.4 is 5.32 Å². The lowest BCUT2D eigenvalue weighted by atomic mass is 10.0. The van der Waals surface area contributed by atoms with Gasteiger partial charge in [-0.05, 0) is 38.3 Å². The molecule has 0 saturated carbocycles. The normalized spacial score (nSPS) is 24.1. The van der Waals surface area contributed by atoms with Crippen LogP contribution >= 0.6 is 23.5 Å². The summed E-state index contributed by atoms with van der Waals surface area (Å²) >= 11 is 4.37. The van der Waals surface area contributed by atoms with Gasteiger partial charge in [-0.3, -0.25) is 4.68 Å². The van der Waals surface area contributed by atoms with Gasteiger partial charge in [0.25, 0.3) is 0 Å². The average molecular weight is 328 g/mol. The Kier molecular flexibility index (Phi) is 7.47. The second-order valence-corrected chi connectivity index (χ2v) is 8.33. The number of nitrogens with one attached hydrogen (secondary N) is 1. The van der Waals surface area contributed by atoms with Gasteiger partial charge < -0.3 is 5.32 Å². The summed E-state index contributed by atoms with van der Waals surface area (Å²) < 4.78 is 2.01. The first kappa shape index (κ1) is 17.2. The Bertz CT molecular complexity index is 408. The minimum Gasteiger partial charge on any atom is -0.313 e. The topological polar surface area (TPSA) is 29.9 Å². The quantitative estimate of drug-likeness (QED) is 0.793. The zero-order chi connectivity index (χ0) is 15.1. The van der Waals surface area contributed by atoms with Gasteiger partial charge in [-0.15, -0.1) is 0 Å². The first-order valence-corrected chi connectivity index (χ1v) is 10.3. The summed E-state index contributed by atoms with van der Waals surface area (Å²) in [6.07, 6.45) is 6.75. The lowest BCUT2D eigenvalue weighted by molar-refractivity contribution is 0.449. The van der Waals surface area contributed by atoms with Crippen LogP contribution in [0.25, 0.3) is 0 Å². The molecule has 3 atom stereocenters. The van der Waals surface area contributed by atoms with Crippen LogP contribution in [0.4, 0.5) is 0 Å². The minimum absolute atomic E-state index is 0.627. The summed E-state index contributed by atoms with van der Waals surface area (Å²) in [5.41, 5.74) is 1.35. The molecule has 2 rings (SSSR count). The van der Waals surface area contributed by atoms with Gasteiger partial charge in [-0.1, -0.05) is 13.8 Å². The molecule has 1 aliphatic rings. The molecule has 0 aromatic carbocycles. The highest BCUT2D eigenvalue weighted by Crippen LogP contribution is 2.36. The maximum Gasteiger partial charge on any atom is 0.0492 e. The number of aryl methyl sites for hydroxylation is 2. The summed E-state index contributed by atoms with van der Waals surface area (Å²) in [7, 11) is 2.05. The summed E-state index contributed by atoms with van der Waals surface area (Å²) in [6.45, 7) is 5.73. The summed E-state index contributed by atoms with van der Waals surface area (Å²) in [6, 6.07) is 2.78. The fourth-order valence-corrected chi connectivity index (χ4v) is 6.28. The van der Waals surface area contributed by atoms with Crippen molar-refractivity contribution in [2.75, 3.05) is 18.1 Å². The van der Waals surface area contributed by atoms with E-state index in [4.69, 9.17) is 0 Å². The first-order chi connectivity index (χ1) is 10.3. The van der Waals surface area contributed by atoms with Gasteiger partial charge in [0, 0.05) is 47.0 Å². The van der Waals surface area contributed by atoms with Crippen molar-refractivity contribution in [3.8, 4) is 0 Å². The van der Waals surface area contributed by atoms with Gasteiger partial charge in [-0.2, -0.15) is 28.6 Å². The second kappa shape index (κ2) is 9.11. The van der Waals surface area contributed by atoms with Gasteiger partial charge in [-0.25, -0.2) is 0 Å². The van der Waals surface area contributed by atoms with E-state index in [1.54, 1.807) is 0 Å². The Hall–Kier alpha value is -0.130. The van der Waals surface area contributed by atoms with Crippen molar-refractivity contribution in [1.82, 2.24) is 15.1 Å². The number of aromatic nitrogens is 2. The lowest BCUT2D eigenvalue weighted by Crippen LogP contribution is -2.45. The van der Waals surface area contributed by atoms with E-state index in [1.807, 2.05) is 17.9 Å². The molecule has 3 unspecified atom stereocenters. The molecule has 1 aromatic heterocycles. The van der Waals surface area contributed by atoms with Crippen molar-refractivity contribution in [3.63, 3.8) is 0 Å². The van der Waals surface area contributed by atoms with Gasteiger partial charge in [0.2, 0.25) is 0 Å². The maximum absolute atomic E-state index is 4.29. The fourth-order valence-electron chi connectivity index (χ4n) is 2.97. The highest BCUT2D eigenvalue weighted by Gasteiger charge is 2.31. The van der Waals surface area contributed by atoms with Crippen LogP contribution in [-0.4, -0.2) is 44.4 Å². The molecule has 2 heterocycles. The number of hydrogen-bond donors (Lipinski definition) is 1. The molecule has 0 amide bonds. The third-order valence-electron chi connectivity index (χ3n) is 4.18. The third kappa shape index (κ3) is 4.93. The molecule has 1 aromatic rings. The van der Waals surface area contributed by atoms with Crippen molar-refractivity contribution in [2.45, 2.75) is 56.1 Å². The molecular weight excluding hydrogens is 298 g/mol. The van der Waals surface area contributed by atoms with E-state index in [2.05, 4.69) is 53.9 Å². The Labute approximate surface area is 138 Å². The smallest absolute Gasteiger partial charge is 0.0492 e. The van der Waals surface area contributed by atoms with Crippen molar-refractivity contribution in [1.29, 1.82) is 0 Å². The Morgan fingerprint density at radius 2 is 2.19 bits per heavy atom. The van der Waals surface area contributed by atoms with Gasteiger partial charge in [0.15, 0.2) is 0 Å². The maximum atomic E-state index is 4.29. The molecule has 21 heavy (non-hydrogen) atoms. The van der Waals surface area contributed by atoms with Crippen molar-refractivity contribution < 1.29 is 0 Å². The molecule has 0 aliphatic carbocycles. The summed E-state index contributed by atoms with van der Waals surface area (Å²) in [5, 5.41) is 9.68. The molecular formula is C16H29N3S2. The van der Waals surface area contributed by atoms with Crippen LogP contribution in [0.5, 0.6) is 0 Å². The molecule has 5 heteroatoms. The number of thioether (sulfide) groups is 2. The summed E-state index contributed by atoms with van der Waals surface area (Å²) in [4.78, 5) is 0. The van der Waals surface area contributed by atoms with Crippen LogP contribution in [-0.2, 0) is 13.5 Å². The monoisotopic (exact) mass is 327 g/mol. The Balaban J connectivity index is 1.97. The minimum atomic E-state index is 0.627. The standard InChI is InChI=1S/C16H29N3S2/c1-4-9-17-14(7-6-13-8-10-18-19(13)3)16-15(5-2)20-11-12-21-16/h8,10,14-17H,4-7,9,11-12H2,1-3H3. The Morgan fingerprint density at radius 1 is 1.38 bits per heavy atom. The zero-order valence-corrected chi connectivity index (χ0v) is 15.2. The van der Waals surface area contributed by atoms with Crippen LogP contribution in [0, 0.1) is 0 Å². The predicted molar refractivity (Wildman–Crippen MR) is 96.4 cm³/mol. The molecule has 0 radical (unpaired) electrons. The van der Waals surface area contributed by atoms with Crippen molar-refractivity contribution in [2.24, 2.45) is 7.05 Å². The second-order valence-electron chi connectivity index (χ2n) is 5.70. The van der Waals surface area contributed by atoms with Gasteiger partial charge >= 0.3 is 0 Å². The molecule has 120 valence electrons. The fraction of sp³-hybridized carbons (Fsp3) is 0.812. The van der Waals surface area contributed by atoms with Crippen LogP contribution in [0.2, 0.25) is 0 Å². The highest BCUT2D eigenvalue weighted by molar-refractivity contribution is 8.07. The van der Waals surface area contributed by atoms with E-state index < -0.39 is 0 Å². The molecule has 1 saturated heterocycles. The molecule has 1 N–H and O–H groups in total. The molecule has 1 fully saturated rings. The number of hydrogen-bond acceptors (Lipinski definition) is 4. The van der Waals surface area contributed by atoms with E-state index in [-0.39, 0.29) is 0 Å². The molecule has 0 bridgehead atoms. The van der Waals surface area contributed by atoms with Crippen molar-refractivity contribution >= 4 is 23.5 Å². The number of rotatable bonds is 8. The van der Waals surface area contributed by atoms with E-state index in [0.29, 0.717) is 6.04 Å².